The maximum Gasteiger partial charge on any atom is 0.262 e. The van der Waals surface area contributed by atoms with E-state index in [1.807, 2.05) is 57.2 Å². The monoisotopic (exact) mass is 414 g/mol. The fourth-order valence-electron chi connectivity index (χ4n) is 2.31. The van der Waals surface area contributed by atoms with Crippen LogP contribution in [-0.2, 0) is 4.79 Å². The molecule has 3 N–H and O–H groups in total. The molecule has 0 atom stereocenters. The first kappa shape index (κ1) is 22.2. The zero-order valence-electron chi connectivity index (χ0n) is 16.8. The van der Waals surface area contributed by atoms with Gasteiger partial charge in [0.15, 0.2) is 23.2 Å². The Labute approximate surface area is 176 Å². The maximum atomic E-state index is 12.1. The lowest BCUT2D eigenvalue weighted by Gasteiger charge is -2.13. The van der Waals surface area contributed by atoms with E-state index in [9.17, 15) is 4.79 Å². The number of hydrazone groups is 1. The molecule has 7 nitrogen and oxygen atoms in total. The number of amides is 1. The van der Waals surface area contributed by atoms with E-state index in [-0.39, 0.29) is 18.6 Å². The SMILES string of the molecule is CCOc1cc(/C=N\NC(=S)NC(C)C)ccc1OCC(=O)Nc1ccccc1. The second-order valence-corrected chi connectivity index (χ2v) is 6.75. The van der Waals surface area contributed by atoms with Crippen molar-refractivity contribution >= 4 is 35.1 Å². The summed E-state index contributed by atoms with van der Waals surface area (Å²) in [7, 11) is 0. The van der Waals surface area contributed by atoms with E-state index in [2.05, 4.69) is 21.2 Å². The second kappa shape index (κ2) is 11.7. The molecular weight excluding hydrogens is 388 g/mol. The first-order valence-electron chi connectivity index (χ1n) is 9.32. The Morgan fingerprint density at radius 1 is 1.14 bits per heavy atom. The lowest BCUT2D eigenvalue weighted by Crippen LogP contribution is -2.36. The number of thiocarbonyl (C=S) groups is 1. The van der Waals surface area contributed by atoms with E-state index in [1.54, 1.807) is 18.3 Å². The molecule has 8 heteroatoms. The maximum absolute atomic E-state index is 12.1. The minimum atomic E-state index is -0.250. The molecule has 0 fully saturated rings. The fraction of sp³-hybridized carbons (Fsp3) is 0.286. The Hall–Kier alpha value is -3.13. The van der Waals surface area contributed by atoms with Gasteiger partial charge in [-0.05, 0) is 68.9 Å². The van der Waals surface area contributed by atoms with Gasteiger partial charge in [0.25, 0.3) is 5.91 Å². The number of carbonyl (C=O) groups excluding carboxylic acids is 1. The molecule has 1 amide bonds. The smallest absolute Gasteiger partial charge is 0.262 e. The summed E-state index contributed by atoms with van der Waals surface area (Å²) in [5.41, 5.74) is 4.27. The number of hydrogen-bond acceptors (Lipinski definition) is 5. The van der Waals surface area contributed by atoms with Gasteiger partial charge in [-0.1, -0.05) is 18.2 Å². The van der Waals surface area contributed by atoms with Gasteiger partial charge in [0.1, 0.15) is 0 Å². The summed E-state index contributed by atoms with van der Waals surface area (Å²) in [5.74, 6) is 0.767. The normalized spacial score (nSPS) is 10.6. The molecule has 0 unspecified atom stereocenters. The molecule has 0 radical (unpaired) electrons. The van der Waals surface area contributed by atoms with Crippen LogP contribution in [0.25, 0.3) is 0 Å². The van der Waals surface area contributed by atoms with Gasteiger partial charge in [0.2, 0.25) is 0 Å². The first-order chi connectivity index (χ1) is 14.0. The van der Waals surface area contributed by atoms with Crippen LogP contribution in [-0.4, -0.2) is 36.5 Å². The van der Waals surface area contributed by atoms with Crippen molar-refractivity contribution in [1.82, 2.24) is 10.7 Å². The molecule has 154 valence electrons. The highest BCUT2D eigenvalue weighted by molar-refractivity contribution is 7.80. The topological polar surface area (TPSA) is 84.0 Å². The third kappa shape index (κ3) is 8.18. The number of nitrogens with one attached hydrogen (secondary N) is 3. The average Bonchev–Trinajstić information content (AvgIpc) is 2.68. The molecule has 29 heavy (non-hydrogen) atoms. The number of rotatable bonds is 9. The summed E-state index contributed by atoms with van der Waals surface area (Å²) >= 11 is 5.12. The van der Waals surface area contributed by atoms with E-state index in [4.69, 9.17) is 21.7 Å². The Kier molecular flexibility index (Phi) is 8.91. The van der Waals surface area contributed by atoms with Crippen LogP contribution in [0.5, 0.6) is 11.5 Å². The van der Waals surface area contributed by atoms with Gasteiger partial charge < -0.3 is 20.1 Å². The van der Waals surface area contributed by atoms with Crippen molar-refractivity contribution in [2.75, 3.05) is 18.5 Å². The molecular formula is C21H26N4O3S. The molecule has 2 rings (SSSR count). The molecule has 0 aliphatic carbocycles. The predicted molar refractivity (Wildman–Crippen MR) is 120 cm³/mol. The highest BCUT2D eigenvalue weighted by Gasteiger charge is 2.09. The van der Waals surface area contributed by atoms with Crippen molar-refractivity contribution < 1.29 is 14.3 Å². The summed E-state index contributed by atoms with van der Waals surface area (Å²) in [6.07, 6.45) is 1.63. The minimum absolute atomic E-state index is 0.126. The average molecular weight is 415 g/mol. The number of carbonyl (C=O) groups is 1. The molecule has 0 aromatic heterocycles. The molecule has 0 bridgehead atoms. The van der Waals surface area contributed by atoms with Gasteiger partial charge in [-0.2, -0.15) is 5.10 Å². The lowest BCUT2D eigenvalue weighted by molar-refractivity contribution is -0.118. The van der Waals surface area contributed by atoms with Crippen LogP contribution in [0.15, 0.2) is 53.6 Å². The number of hydrogen-bond donors (Lipinski definition) is 3. The number of ether oxygens (including phenoxy) is 2. The highest BCUT2D eigenvalue weighted by Crippen LogP contribution is 2.28. The van der Waals surface area contributed by atoms with E-state index in [0.717, 1.165) is 11.3 Å². The summed E-state index contributed by atoms with van der Waals surface area (Å²) < 4.78 is 11.3. The standard InChI is InChI=1S/C21H26N4O3S/c1-4-27-19-12-16(13-22-25-21(29)23-15(2)3)10-11-18(19)28-14-20(26)24-17-8-6-5-7-9-17/h5-13,15H,4,14H2,1-3H3,(H,24,26)(H2,23,25,29)/b22-13-. The number of nitrogens with zero attached hydrogens (tertiary/aromatic N) is 1. The van der Waals surface area contributed by atoms with Crippen molar-refractivity contribution in [2.24, 2.45) is 5.10 Å². The summed E-state index contributed by atoms with van der Waals surface area (Å²) in [6, 6.07) is 14.8. The van der Waals surface area contributed by atoms with E-state index in [1.165, 1.54) is 0 Å². The molecule has 0 aliphatic rings. The lowest BCUT2D eigenvalue weighted by atomic mass is 10.2. The molecule has 2 aromatic carbocycles. The van der Waals surface area contributed by atoms with Crippen molar-refractivity contribution in [1.29, 1.82) is 0 Å². The van der Waals surface area contributed by atoms with Crippen molar-refractivity contribution in [3.05, 3.63) is 54.1 Å². The Bertz CT molecular complexity index is 841. The van der Waals surface area contributed by atoms with E-state index in [0.29, 0.717) is 23.2 Å². The zero-order chi connectivity index (χ0) is 21.1. The molecule has 0 spiro atoms. The van der Waals surface area contributed by atoms with Crippen LogP contribution in [0.2, 0.25) is 0 Å². The second-order valence-electron chi connectivity index (χ2n) is 6.34. The number of benzene rings is 2. The summed E-state index contributed by atoms with van der Waals surface area (Å²) in [5, 5.41) is 10.4. The summed E-state index contributed by atoms with van der Waals surface area (Å²) in [4.78, 5) is 12.1. The Morgan fingerprint density at radius 3 is 2.59 bits per heavy atom. The van der Waals surface area contributed by atoms with Crippen LogP contribution in [0.3, 0.4) is 0 Å². The number of anilines is 1. The minimum Gasteiger partial charge on any atom is -0.490 e. The van der Waals surface area contributed by atoms with Gasteiger partial charge in [-0.15, -0.1) is 0 Å². The first-order valence-corrected chi connectivity index (χ1v) is 9.73. The largest absolute Gasteiger partial charge is 0.490 e. The van der Waals surface area contributed by atoms with Gasteiger partial charge in [0, 0.05) is 11.7 Å². The highest BCUT2D eigenvalue weighted by atomic mass is 32.1. The number of para-hydroxylation sites is 1. The van der Waals surface area contributed by atoms with Crippen LogP contribution in [0.1, 0.15) is 26.3 Å². The fourth-order valence-corrected chi connectivity index (χ4v) is 2.60. The third-order valence-corrected chi connectivity index (χ3v) is 3.69. The molecule has 0 saturated carbocycles. The summed E-state index contributed by atoms with van der Waals surface area (Å²) in [6.45, 7) is 6.20. The molecule has 0 heterocycles. The Morgan fingerprint density at radius 2 is 1.90 bits per heavy atom. The quantitative estimate of drug-likeness (QED) is 0.332. The predicted octanol–water partition coefficient (Wildman–Crippen LogP) is 3.31. The van der Waals surface area contributed by atoms with E-state index < -0.39 is 0 Å². The van der Waals surface area contributed by atoms with Crippen molar-refractivity contribution in [3.63, 3.8) is 0 Å². The Balaban J connectivity index is 1.96. The van der Waals surface area contributed by atoms with Crippen LogP contribution < -0.4 is 25.5 Å². The zero-order valence-corrected chi connectivity index (χ0v) is 17.6. The van der Waals surface area contributed by atoms with Gasteiger partial charge >= 0.3 is 0 Å². The van der Waals surface area contributed by atoms with Gasteiger partial charge in [-0.3, -0.25) is 10.2 Å². The van der Waals surface area contributed by atoms with Crippen molar-refractivity contribution in [2.45, 2.75) is 26.8 Å². The van der Waals surface area contributed by atoms with Crippen LogP contribution >= 0.6 is 12.2 Å². The van der Waals surface area contributed by atoms with Crippen molar-refractivity contribution in [3.8, 4) is 11.5 Å². The van der Waals surface area contributed by atoms with E-state index >= 15 is 0 Å². The van der Waals surface area contributed by atoms with Crippen LogP contribution in [0, 0.1) is 0 Å². The molecule has 0 saturated heterocycles. The molecule has 2 aromatic rings. The van der Waals surface area contributed by atoms with Crippen LogP contribution in [0.4, 0.5) is 5.69 Å². The van der Waals surface area contributed by atoms with Gasteiger partial charge in [0.05, 0.1) is 12.8 Å². The third-order valence-electron chi connectivity index (χ3n) is 3.48. The molecule has 0 aliphatic heterocycles. The van der Waals surface area contributed by atoms with Gasteiger partial charge in [-0.25, -0.2) is 0 Å².